The van der Waals surface area contributed by atoms with Gasteiger partial charge in [0.05, 0.1) is 0 Å². The number of halogens is 2. The van der Waals surface area contributed by atoms with Crippen LogP contribution in [-0.4, -0.2) is 9.78 Å². The van der Waals surface area contributed by atoms with Crippen molar-refractivity contribution in [3.05, 3.63) is 29.2 Å². The topological polar surface area (TPSA) is 17.8 Å². The Hall–Kier alpha value is -1.09. The quantitative estimate of drug-likeness (QED) is 0.709. The standard InChI is InChI=1S/C10H10ClFN2/c1-6(2)14-10(11)7-4-3-5-8(12)9(7)13-14/h3-6H,1-2H3. The average molecular weight is 213 g/mol. The first kappa shape index (κ1) is 9.46. The number of hydrogen-bond donors (Lipinski definition) is 0. The predicted molar refractivity (Wildman–Crippen MR) is 55.1 cm³/mol. The largest absolute Gasteiger partial charge is 0.250 e. The lowest BCUT2D eigenvalue weighted by molar-refractivity contribution is 0.534. The summed E-state index contributed by atoms with van der Waals surface area (Å²) in [7, 11) is 0. The predicted octanol–water partition coefficient (Wildman–Crippen LogP) is 3.41. The summed E-state index contributed by atoms with van der Waals surface area (Å²) in [6, 6.07) is 4.92. The van der Waals surface area contributed by atoms with Crippen molar-refractivity contribution >= 4 is 22.5 Å². The van der Waals surface area contributed by atoms with Crippen LogP contribution in [-0.2, 0) is 0 Å². The molecule has 1 heterocycles. The van der Waals surface area contributed by atoms with Crippen molar-refractivity contribution in [3.63, 3.8) is 0 Å². The maximum atomic E-state index is 13.3. The van der Waals surface area contributed by atoms with Gasteiger partial charge in [-0.3, -0.25) is 4.68 Å². The monoisotopic (exact) mass is 212 g/mol. The van der Waals surface area contributed by atoms with Gasteiger partial charge in [-0.2, -0.15) is 5.10 Å². The lowest BCUT2D eigenvalue weighted by Crippen LogP contribution is -2.02. The van der Waals surface area contributed by atoms with Crippen molar-refractivity contribution in [2.24, 2.45) is 0 Å². The Balaban J connectivity index is 2.80. The molecule has 14 heavy (non-hydrogen) atoms. The Morgan fingerprint density at radius 3 is 2.71 bits per heavy atom. The average Bonchev–Trinajstić information content (AvgIpc) is 2.46. The van der Waals surface area contributed by atoms with E-state index >= 15 is 0 Å². The molecule has 2 nitrogen and oxygen atoms in total. The molecule has 0 atom stereocenters. The minimum absolute atomic E-state index is 0.134. The van der Waals surface area contributed by atoms with E-state index in [1.54, 1.807) is 16.8 Å². The van der Waals surface area contributed by atoms with Gasteiger partial charge in [0.2, 0.25) is 0 Å². The third-order valence-corrected chi connectivity index (χ3v) is 2.48. The fraction of sp³-hybridized carbons (Fsp3) is 0.300. The molecule has 0 aliphatic heterocycles. The van der Waals surface area contributed by atoms with E-state index < -0.39 is 0 Å². The summed E-state index contributed by atoms with van der Waals surface area (Å²) in [5, 5.41) is 5.28. The Bertz CT molecular complexity index is 476. The molecule has 0 saturated heterocycles. The molecule has 2 rings (SSSR count). The molecule has 0 aliphatic carbocycles. The highest BCUT2D eigenvalue weighted by Crippen LogP contribution is 2.27. The van der Waals surface area contributed by atoms with Crippen LogP contribution in [0.4, 0.5) is 4.39 Å². The van der Waals surface area contributed by atoms with Gasteiger partial charge in [-0.15, -0.1) is 0 Å². The van der Waals surface area contributed by atoms with E-state index in [0.717, 1.165) is 0 Å². The maximum Gasteiger partial charge on any atom is 0.151 e. The Morgan fingerprint density at radius 1 is 1.43 bits per heavy atom. The van der Waals surface area contributed by atoms with Crippen LogP contribution in [0.1, 0.15) is 19.9 Å². The van der Waals surface area contributed by atoms with Crippen molar-refractivity contribution in [2.75, 3.05) is 0 Å². The first-order valence-corrected chi connectivity index (χ1v) is 4.81. The van der Waals surface area contributed by atoms with Crippen molar-refractivity contribution in [1.29, 1.82) is 0 Å². The molecule has 0 unspecified atom stereocenters. The number of nitrogens with zero attached hydrogens (tertiary/aromatic N) is 2. The summed E-state index contributed by atoms with van der Waals surface area (Å²) < 4.78 is 14.9. The number of benzene rings is 1. The fourth-order valence-electron chi connectivity index (χ4n) is 1.40. The number of rotatable bonds is 1. The summed E-state index contributed by atoms with van der Waals surface area (Å²) in [6.07, 6.45) is 0. The number of fused-ring (bicyclic) bond motifs is 1. The highest BCUT2D eigenvalue weighted by molar-refractivity contribution is 6.34. The van der Waals surface area contributed by atoms with Gasteiger partial charge in [-0.25, -0.2) is 4.39 Å². The van der Waals surface area contributed by atoms with E-state index in [1.165, 1.54) is 6.07 Å². The van der Waals surface area contributed by atoms with E-state index in [9.17, 15) is 4.39 Å². The van der Waals surface area contributed by atoms with Gasteiger partial charge in [0, 0.05) is 11.4 Å². The molecule has 0 saturated carbocycles. The van der Waals surface area contributed by atoms with Crippen molar-refractivity contribution in [1.82, 2.24) is 9.78 Å². The number of aromatic nitrogens is 2. The lowest BCUT2D eigenvalue weighted by atomic mass is 10.2. The molecule has 0 aliphatic rings. The highest BCUT2D eigenvalue weighted by Gasteiger charge is 2.13. The molecule has 1 aromatic carbocycles. The molecule has 0 N–H and O–H groups in total. The van der Waals surface area contributed by atoms with Gasteiger partial charge >= 0.3 is 0 Å². The highest BCUT2D eigenvalue weighted by atomic mass is 35.5. The molecule has 0 bridgehead atoms. The first-order chi connectivity index (χ1) is 6.61. The minimum atomic E-state index is -0.330. The van der Waals surface area contributed by atoms with Gasteiger partial charge in [0.1, 0.15) is 10.7 Å². The first-order valence-electron chi connectivity index (χ1n) is 4.43. The van der Waals surface area contributed by atoms with E-state index in [0.29, 0.717) is 16.1 Å². The summed E-state index contributed by atoms with van der Waals surface area (Å²) in [5.41, 5.74) is 0.339. The second kappa shape index (κ2) is 3.24. The smallest absolute Gasteiger partial charge is 0.151 e. The third kappa shape index (κ3) is 1.28. The van der Waals surface area contributed by atoms with Gasteiger partial charge in [0.25, 0.3) is 0 Å². The molecule has 0 fully saturated rings. The zero-order valence-electron chi connectivity index (χ0n) is 7.96. The molecule has 0 radical (unpaired) electrons. The lowest BCUT2D eigenvalue weighted by Gasteiger charge is -2.05. The molecule has 74 valence electrons. The Morgan fingerprint density at radius 2 is 2.14 bits per heavy atom. The molecule has 1 aromatic heterocycles. The third-order valence-electron chi connectivity index (χ3n) is 2.11. The minimum Gasteiger partial charge on any atom is -0.250 e. The maximum absolute atomic E-state index is 13.3. The normalized spacial score (nSPS) is 11.5. The summed E-state index contributed by atoms with van der Waals surface area (Å²) in [5.74, 6) is -0.330. The number of hydrogen-bond acceptors (Lipinski definition) is 1. The van der Waals surface area contributed by atoms with Crippen molar-refractivity contribution < 1.29 is 4.39 Å². The van der Waals surface area contributed by atoms with E-state index in [1.807, 2.05) is 13.8 Å². The molecular formula is C10H10ClFN2. The van der Waals surface area contributed by atoms with Gasteiger partial charge in [-0.1, -0.05) is 17.7 Å². The Kier molecular flexibility index (Phi) is 2.19. The van der Waals surface area contributed by atoms with Crippen LogP contribution in [0.5, 0.6) is 0 Å². The zero-order valence-corrected chi connectivity index (χ0v) is 8.72. The van der Waals surface area contributed by atoms with Crippen LogP contribution < -0.4 is 0 Å². The van der Waals surface area contributed by atoms with Crippen molar-refractivity contribution in [3.8, 4) is 0 Å². The van der Waals surface area contributed by atoms with Crippen LogP contribution in [0.15, 0.2) is 18.2 Å². The van der Waals surface area contributed by atoms with E-state index in [-0.39, 0.29) is 11.9 Å². The van der Waals surface area contributed by atoms with Crippen LogP contribution in [0, 0.1) is 5.82 Å². The van der Waals surface area contributed by atoms with Gasteiger partial charge < -0.3 is 0 Å². The van der Waals surface area contributed by atoms with Crippen LogP contribution >= 0.6 is 11.6 Å². The van der Waals surface area contributed by atoms with Crippen LogP contribution in [0.2, 0.25) is 5.15 Å². The molecule has 2 aromatic rings. The SMILES string of the molecule is CC(C)n1nc2c(F)cccc2c1Cl. The van der Waals surface area contributed by atoms with E-state index in [4.69, 9.17) is 11.6 Å². The summed E-state index contributed by atoms with van der Waals surface area (Å²) >= 11 is 6.06. The second-order valence-corrected chi connectivity index (χ2v) is 3.82. The molecule has 0 amide bonds. The molecular weight excluding hydrogens is 203 g/mol. The van der Waals surface area contributed by atoms with Gasteiger partial charge in [-0.05, 0) is 26.0 Å². The zero-order chi connectivity index (χ0) is 10.3. The van der Waals surface area contributed by atoms with Crippen LogP contribution in [0.3, 0.4) is 0 Å². The van der Waals surface area contributed by atoms with E-state index in [2.05, 4.69) is 5.10 Å². The Labute approximate surface area is 86.3 Å². The van der Waals surface area contributed by atoms with Crippen LogP contribution in [0.25, 0.3) is 10.9 Å². The molecule has 0 spiro atoms. The summed E-state index contributed by atoms with van der Waals surface area (Å²) in [4.78, 5) is 0. The van der Waals surface area contributed by atoms with Crippen molar-refractivity contribution in [2.45, 2.75) is 19.9 Å². The summed E-state index contributed by atoms with van der Waals surface area (Å²) in [6.45, 7) is 3.91. The fourth-order valence-corrected chi connectivity index (χ4v) is 1.79. The molecule has 4 heteroatoms. The second-order valence-electron chi connectivity index (χ2n) is 3.47. The van der Waals surface area contributed by atoms with Gasteiger partial charge in [0.15, 0.2) is 5.82 Å².